The molecule has 122 valence electrons. The number of aromatic nitrogens is 2. The van der Waals surface area contributed by atoms with Gasteiger partial charge in [-0.15, -0.1) is 0 Å². The summed E-state index contributed by atoms with van der Waals surface area (Å²) in [6.07, 6.45) is 1.43. The van der Waals surface area contributed by atoms with Gasteiger partial charge in [0.15, 0.2) is 5.69 Å². The standard InChI is InChI=1S/C15H23ClN4O2/c1-6-20(8-12(21)18-10(4)5)15(22)13-11(16)7-17-14(19-13)9(2)3/h7,9-10H,6,8H2,1-5H3,(H,18,21). The zero-order chi connectivity index (χ0) is 16.9. The molecule has 22 heavy (non-hydrogen) atoms. The Morgan fingerprint density at radius 1 is 1.32 bits per heavy atom. The molecule has 1 aromatic rings. The summed E-state index contributed by atoms with van der Waals surface area (Å²) < 4.78 is 0. The minimum absolute atomic E-state index is 0.0230. The molecule has 1 aromatic heterocycles. The zero-order valence-electron chi connectivity index (χ0n) is 13.7. The molecule has 0 unspecified atom stereocenters. The number of hydrogen-bond donors (Lipinski definition) is 1. The summed E-state index contributed by atoms with van der Waals surface area (Å²) in [5.74, 6) is 0.0636. The summed E-state index contributed by atoms with van der Waals surface area (Å²) in [5, 5.41) is 2.95. The summed E-state index contributed by atoms with van der Waals surface area (Å²) in [6.45, 7) is 9.78. The van der Waals surface area contributed by atoms with Crippen LogP contribution in [0.25, 0.3) is 0 Å². The molecule has 0 spiro atoms. The van der Waals surface area contributed by atoms with Gasteiger partial charge in [-0.1, -0.05) is 25.4 Å². The molecule has 7 heteroatoms. The van der Waals surface area contributed by atoms with Crippen LogP contribution in [0.3, 0.4) is 0 Å². The number of likely N-dealkylation sites (N-methyl/N-ethyl adjacent to an activating group) is 1. The van der Waals surface area contributed by atoms with Crippen molar-refractivity contribution < 1.29 is 9.59 Å². The molecule has 0 bridgehead atoms. The molecule has 0 aliphatic heterocycles. The molecule has 1 rings (SSSR count). The van der Waals surface area contributed by atoms with Crippen LogP contribution < -0.4 is 5.32 Å². The van der Waals surface area contributed by atoms with Crippen LogP contribution in [-0.2, 0) is 4.79 Å². The van der Waals surface area contributed by atoms with Crippen molar-refractivity contribution in [1.82, 2.24) is 20.2 Å². The van der Waals surface area contributed by atoms with Gasteiger partial charge in [0, 0.05) is 18.5 Å². The van der Waals surface area contributed by atoms with E-state index in [1.807, 2.05) is 27.7 Å². The van der Waals surface area contributed by atoms with E-state index in [0.29, 0.717) is 12.4 Å². The number of carbonyl (C=O) groups is 2. The van der Waals surface area contributed by atoms with Gasteiger partial charge in [0.05, 0.1) is 17.8 Å². The predicted molar refractivity (Wildman–Crippen MR) is 86.0 cm³/mol. The van der Waals surface area contributed by atoms with Gasteiger partial charge in [-0.2, -0.15) is 0 Å². The van der Waals surface area contributed by atoms with Gasteiger partial charge < -0.3 is 10.2 Å². The second kappa shape index (κ2) is 8.08. The summed E-state index contributed by atoms with van der Waals surface area (Å²) in [5.41, 5.74) is 0.138. The van der Waals surface area contributed by atoms with Crippen molar-refractivity contribution in [3.8, 4) is 0 Å². The van der Waals surface area contributed by atoms with E-state index < -0.39 is 0 Å². The first-order chi connectivity index (χ1) is 10.3. The largest absolute Gasteiger partial charge is 0.352 e. The zero-order valence-corrected chi connectivity index (χ0v) is 14.4. The first-order valence-electron chi connectivity index (χ1n) is 7.37. The fourth-order valence-corrected chi connectivity index (χ4v) is 2.00. The van der Waals surface area contributed by atoms with Crippen molar-refractivity contribution in [2.45, 2.75) is 46.6 Å². The van der Waals surface area contributed by atoms with E-state index in [-0.39, 0.29) is 41.0 Å². The smallest absolute Gasteiger partial charge is 0.274 e. The highest BCUT2D eigenvalue weighted by Crippen LogP contribution is 2.18. The minimum atomic E-state index is -0.365. The topological polar surface area (TPSA) is 75.2 Å². The van der Waals surface area contributed by atoms with Gasteiger partial charge in [-0.25, -0.2) is 9.97 Å². The first-order valence-corrected chi connectivity index (χ1v) is 7.75. The number of halogens is 1. The van der Waals surface area contributed by atoms with Crippen LogP contribution in [0.4, 0.5) is 0 Å². The lowest BCUT2D eigenvalue weighted by Crippen LogP contribution is -2.43. The third-order valence-corrected chi connectivity index (χ3v) is 3.21. The predicted octanol–water partition coefficient (Wildman–Crippen LogP) is 2.24. The summed E-state index contributed by atoms with van der Waals surface area (Å²) >= 11 is 6.04. The third-order valence-electron chi connectivity index (χ3n) is 2.93. The highest BCUT2D eigenvalue weighted by Gasteiger charge is 2.22. The molecule has 0 aliphatic carbocycles. The second-order valence-electron chi connectivity index (χ2n) is 5.62. The lowest BCUT2D eigenvalue weighted by atomic mass is 10.2. The van der Waals surface area contributed by atoms with Crippen LogP contribution in [0.15, 0.2) is 6.20 Å². The lowest BCUT2D eigenvalue weighted by Gasteiger charge is -2.21. The van der Waals surface area contributed by atoms with Crippen LogP contribution in [0.5, 0.6) is 0 Å². The van der Waals surface area contributed by atoms with Crippen molar-refractivity contribution >= 4 is 23.4 Å². The number of nitrogens with zero attached hydrogens (tertiary/aromatic N) is 3. The molecule has 0 saturated heterocycles. The van der Waals surface area contributed by atoms with Crippen molar-refractivity contribution in [2.24, 2.45) is 0 Å². The van der Waals surface area contributed by atoms with Crippen LogP contribution >= 0.6 is 11.6 Å². The molecule has 1 heterocycles. The van der Waals surface area contributed by atoms with Crippen LogP contribution in [0, 0.1) is 0 Å². The Bertz CT molecular complexity index is 546. The Balaban J connectivity index is 2.96. The van der Waals surface area contributed by atoms with Crippen LogP contribution in [-0.4, -0.2) is 45.8 Å². The summed E-state index contributed by atoms with van der Waals surface area (Å²) in [4.78, 5) is 34.2. The van der Waals surface area contributed by atoms with Crippen molar-refractivity contribution in [3.63, 3.8) is 0 Å². The monoisotopic (exact) mass is 326 g/mol. The average Bonchev–Trinajstić information content (AvgIpc) is 2.43. The molecule has 0 atom stereocenters. The van der Waals surface area contributed by atoms with Gasteiger partial charge in [-0.05, 0) is 20.8 Å². The van der Waals surface area contributed by atoms with E-state index >= 15 is 0 Å². The molecule has 0 fully saturated rings. The second-order valence-corrected chi connectivity index (χ2v) is 6.03. The molecular weight excluding hydrogens is 304 g/mol. The molecule has 0 aromatic carbocycles. The number of nitrogens with one attached hydrogen (secondary N) is 1. The maximum atomic E-state index is 12.6. The lowest BCUT2D eigenvalue weighted by molar-refractivity contribution is -0.122. The van der Waals surface area contributed by atoms with E-state index in [4.69, 9.17) is 11.6 Å². The molecule has 0 saturated carbocycles. The quantitative estimate of drug-likeness (QED) is 0.870. The van der Waals surface area contributed by atoms with Gasteiger partial charge in [0.1, 0.15) is 5.82 Å². The van der Waals surface area contributed by atoms with Crippen LogP contribution in [0.1, 0.15) is 56.8 Å². The Labute approximate surface area is 136 Å². The average molecular weight is 327 g/mol. The van der Waals surface area contributed by atoms with Gasteiger partial charge in [0.25, 0.3) is 5.91 Å². The van der Waals surface area contributed by atoms with E-state index in [9.17, 15) is 9.59 Å². The molecule has 0 radical (unpaired) electrons. The molecule has 2 amide bonds. The van der Waals surface area contributed by atoms with Gasteiger partial charge in [0.2, 0.25) is 5.91 Å². The number of hydrogen-bond acceptors (Lipinski definition) is 4. The fraction of sp³-hybridized carbons (Fsp3) is 0.600. The first kappa shape index (κ1) is 18.4. The Hall–Kier alpha value is -1.69. The molecule has 0 aliphatic rings. The molecule has 6 nitrogen and oxygen atoms in total. The third kappa shape index (κ3) is 4.94. The maximum Gasteiger partial charge on any atom is 0.274 e. The van der Waals surface area contributed by atoms with E-state index in [2.05, 4.69) is 15.3 Å². The number of amides is 2. The van der Waals surface area contributed by atoms with E-state index in [1.165, 1.54) is 11.1 Å². The SMILES string of the molecule is CCN(CC(=O)NC(C)C)C(=O)c1nc(C(C)C)ncc1Cl. The van der Waals surface area contributed by atoms with Crippen LogP contribution in [0.2, 0.25) is 5.02 Å². The maximum absolute atomic E-state index is 12.6. The van der Waals surface area contributed by atoms with Crippen molar-refractivity contribution in [1.29, 1.82) is 0 Å². The van der Waals surface area contributed by atoms with Crippen molar-refractivity contribution in [2.75, 3.05) is 13.1 Å². The highest BCUT2D eigenvalue weighted by molar-refractivity contribution is 6.33. The van der Waals surface area contributed by atoms with E-state index in [0.717, 1.165) is 0 Å². The molecular formula is C15H23ClN4O2. The number of carbonyl (C=O) groups excluding carboxylic acids is 2. The number of rotatable bonds is 6. The Morgan fingerprint density at radius 3 is 2.45 bits per heavy atom. The summed E-state index contributed by atoms with van der Waals surface area (Å²) in [7, 11) is 0. The minimum Gasteiger partial charge on any atom is -0.352 e. The molecule has 1 N–H and O–H groups in total. The van der Waals surface area contributed by atoms with E-state index in [1.54, 1.807) is 6.92 Å². The fourth-order valence-electron chi connectivity index (χ4n) is 1.83. The van der Waals surface area contributed by atoms with Gasteiger partial charge >= 0.3 is 0 Å². The normalized spacial score (nSPS) is 10.9. The Morgan fingerprint density at radius 2 is 1.95 bits per heavy atom. The van der Waals surface area contributed by atoms with Crippen molar-refractivity contribution in [3.05, 3.63) is 22.7 Å². The Kier molecular flexibility index (Phi) is 6.74. The summed E-state index contributed by atoms with van der Waals surface area (Å²) in [6, 6.07) is 0.0245. The van der Waals surface area contributed by atoms with Gasteiger partial charge in [-0.3, -0.25) is 9.59 Å². The highest BCUT2D eigenvalue weighted by atomic mass is 35.5.